The van der Waals surface area contributed by atoms with E-state index in [9.17, 15) is 4.79 Å². The van der Waals surface area contributed by atoms with E-state index in [1.54, 1.807) is 18.2 Å². The normalized spacial score (nSPS) is 22.3. The predicted octanol–water partition coefficient (Wildman–Crippen LogP) is 8.08. The molecule has 1 amide bonds. The molecule has 0 unspecified atom stereocenters. The monoisotopic (exact) mass is 530 g/mol. The van der Waals surface area contributed by atoms with Crippen molar-refractivity contribution in [1.82, 2.24) is 5.01 Å². The number of fused-ring (bicyclic) bond motifs is 1. The molecule has 3 aromatic rings. The number of halogens is 2. The molecule has 4 nitrogen and oxygen atoms in total. The van der Waals surface area contributed by atoms with Crippen molar-refractivity contribution in [3.8, 4) is 5.75 Å². The number of amides is 1. The molecule has 6 heteroatoms. The maximum atomic E-state index is 13.6. The van der Waals surface area contributed by atoms with Gasteiger partial charge in [0.2, 0.25) is 0 Å². The zero-order chi connectivity index (χ0) is 25.9. The Morgan fingerprint density at radius 1 is 0.946 bits per heavy atom. The van der Waals surface area contributed by atoms with Gasteiger partial charge in [-0.2, -0.15) is 5.10 Å². The van der Waals surface area contributed by atoms with E-state index in [1.165, 1.54) is 5.57 Å². The lowest BCUT2D eigenvalue weighted by Gasteiger charge is -2.32. The maximum absolute atomic E-state index is 13.6. The summed E-state index contributed by atoms with van der Waals surface area (Å²) in [6.45, 7) is 2.26. The van der Waals surface area contributed by atoms with Crippen LogP contribution in [0.5, 0.6) is 5.75 Å². The number of hydrogen-bond donors (Lipinski definition) is 0. The van der Waals surface area contributed by atoms with Gasteiger partial charge in [-0.15, -0.1) is 0 Å². The summed E-state index contributed by atoms with van der Waals surface area (Å²) in [6.07, 6.45) is 7.46. The minimum Gasteiger partial charge on any atom is -0.497 e. The number of nitrogens with zero attached hydrogens (tertiary/aromatic N) is 2. The molecule has 0 spiro atoms. The average Bonchev–Trinajstić information content (AvgIpc) is 3.29. The van der Waals surface area contributed by atoms with E-state index in [0.717, 1.165) is 41.0 Å². The zero-order valence-electron chi connectivity index (χ0n) is 20.8. The van der Waals surface area contributed by atoms with Crippen LogP contribution >= 0.6 is 23.2 Å². The van der Waals surface area contributed by atoms with E-state index in [4.69, 9.17) is 33.0 Å². The molecule has 1 aliphatic carbocycles. The number of rotatable bonds is 5. The van der Waals surface area contributed by atoms with E-state index in [1.807, 2.05) is 78.9 Å². The molecule has 0 N–H and O–H groups in total. The van der Waals surface area contributed by atoms with Gasteiger partial charge >= 0.3 is 0 Å². The fourth-order valence-corrected chi connectivity index (χ4v) is 5.44. The fraction of sp³-hybridized carbons (Fsp3) is 0.226. The van der Waals surface area contributed by atoms with Crippen LogP contribution in [0.1, 0.15) is 42.5 Å². The first-order chi connectivity index (χ1) is 17.9. The summed E-state index contributed by atoms with van der Waals surface area (Å²) in [5.41, 5.74) is 5.17. The van der Waals surface area contributed by atoms with E-state index < -0.39 is 0 Å². The number of methoxy groups -OCH3 is 1. The van der Waals surface area contributed by atoms with E-state index >= 15 is 0 Å². The SMILES string of the molecule is COc1ccc(/C=C\C(=O)N2N=C3/C(=C\c4ccc(Cl)cc4)C[C@H](C)C[C@@H]3[C@@H]2c2ccc(Cl)cc2)cc1. The van der Waals surface area contributed by atoms with Gasteiger partial charge in [-0.05, 0) is 89.6 Å². The third-order valence-corrected chi connectivity index (χ3v) is 7.45. The quantitative estimate of drug-likeness (QED) is 0.312. The summed E-state index contributed by atoms with van der Waals surface area (Å²) >= 11 is 12.3. The van der Waals surface area contributed by atoms with Crippen LogP contribution in [-0.2, 0) is 4.79 Å². The average molecular weight is 531 g/mol. The Balaban J connectivity index is 1.51. The van der Waals surface area contributed by atoms with Crippen molar-refractivity contribution in [2.24, 2.45) is 16.9 Å². The van der Waals surface area contributed by atoms with Crippen molar-refractivity contribution in [2.75, 3.05) is 7.11 Å². The molecular formula is C31H28Cl2N2O2. The van der Waals surface area contributed by atoms with Crippen LogP contribution in [0.4, 0.5) is 0 Å². The van der Waals surface area contributed by atoms with Crippen LogP contribution in [0.2, 0.25) is 10.0 Å². The summed E-state index contributed by atoms with van der Waals surface area (Å²) in [5, 5.41) is 7.99. The van der Waals surface area contributed by atoms with Gasteiger partial charge in [0.15, 0.2) is 0 Å². The van der Waals surface area contributed by atoms with Gasteiger partial charge in [0.05, 0.1) is 18.9 Å². The van der Waals surface area contributed by atoms with Gasteiger partial charge in [-0.25, -0.2) is 5.01 Å². The molecule has 1 saturated carbocycles. The summed E-state index contributed by atoms with van der Waals surface area (Å²) < 4.78 is 5.23. The predicted molar refractivity (Wildman–Crippen MR) is 152 cm³/mol. The van der Waals surface area contributed by atoms with Gasteiger partial charge in [0.1, 0.15) is 5.75 Å². The number of carbonyl (C=O) groups is 1. The van der Waals surface area contributed by atoms with Crippen LogP contribution in [-0.4, -0.2) is 23.7 Å². The smallest absolute Gasteiger partial charge is 0.267 e. The van der Waals surface area contributed by atoms with Crippen LogP contribution in [0, 0.1) is 11.8 Å². The number of hydrazone groups is 1. The fourth-order valence-electron chi connectivity index (χ4n) is 5.18. The van der Waals surface area contributed by atoms with Gasteiger partial charge < -0.3 is 4.74 Å². The minimum atomic E-state index is -0.198. The van der Waals surface area contributed by atoms with E-state index in [2.05, 4.69) is 13.0 Å². The Morgan fingerprint density at radius 2 is 1.57 bits per heavy atom. The van der Waals surface area contributed by atoms with Gasteiger partial charge in [-0.3, -0.25) is 4.79 Å². The molecule has 37 heavy (non-hydrogen) atoms. The Morgan fingerprint density at radius 3 is 2.22 bits per heavy atom. The Kier molecular flexibility index (Phi) is 7.50. The number of benzene rings is 3. The second kappa shape index (κ2) is 11.0. The largest absolute Gasteiger partial charge is 0.497 e. The van der Waals surface area contributed by atoms with E-state index in [0.29, 0.717) is 16.0 Å². The summed E-state index contributed by atoms with van der Waals surface area (Å²) in [7, 11) is 1.63. The van der Waals surface area contributed by atoms with Crippen molar-refractivity contribution in [3.63, 3.8) is 0 Å². The number of hydrogen-bond acceptors (Lipinski definition) is 3. The molecule has 0 saturated heterocycles. The maximum Gasteiger partial charge on any atom is 0.267 e. The molecule has 0 aromatic heterocycles. The van der Waals surface area contributed by atoms with Crippen LogP contribution in [0.15, 0.2) is 89.5 Å². The molecule has 3 aromatic carbocycles. The van der Waals surface area contributed by atoms with Crippen molar-refractivity contribution in [1.29, 1.82) is 0 Å². The highest BCUT2D eigenvalue weighted by atomic mass is 35.5. The molecule has 2 aliphatic rings. The Labute approximate surface area is 227 Å². The number of carbonyl (C=O) groups excluding carboxylic acids is 1. The summed E-state index contributed by atoms with van der Waals surface area (Å²) in [6, 6.07) is 23.0. The van der Waals surface area contributed by atoms with Crippen LogP contribution in [0.3, 0.4) is 0 Å². The van der Waals surface area contributed by atoms with Gasteiger partial charge in [-0.1, -0.05) is 66.5 Å². The number of ether oxygens (including phenoxy) is 1. The lowest BCUT2D eigenvalue weighted by Crippen LogP contribution is -2.32. The molecule has 5 rings (SSSR count). The molecular weight excluding hydrogens is 503 g/mol. The standard InChI is InChI=1S/C31H28Cl2N2O2/c1-20-17-24(19-22-3-10-25(32)11-4-22)30-28(18-20)31(23-8-12-26(33)13-9-23)35(34-30)29(36)16-7-21-5-14-27(37-2)15-6-21/h3-16,19-20,28,31H,17-18H2,1-2H3/b16-7-,24-19-/t20-,28-,31-/m0/s1. The third kappa shape index (κ3) is 5.66. The van der Waals surface area contributed by atoms with Crippen molar-refractivity contribution < 1.29 is 9.53 Å². The second-order valence-corrected chi connectivity index (χ2v) is 10.5. The van der Waals surface area contributed by atoms with Crippen LogP contribution in [0.25, 0.3) is 12.2 Å². The zero-order valence-corrected chi connectivity index (χ0v) is 22.3. The molecule has 1 aliphatic heterocycles. The first-order valence-electron chi connectivity index (χ1n) is 12.4. The van der Waals surface area contributed by atoms with Gasteiger partial charge in [0.25, 0.3) is 5.91 Å². The molecule has 1 heterocycles. The highest BCUT2D eigenvalue weighted by Crippen LogP contribution is 2.46. The number of allylic oxidation sites excluding steroid dienone is 1. The van der Waals surface area contributed by atoms with Gasteiger partial charge in [0, 0.05) is 22.0 Å². The second-order valence-electron chi connectivity index (χ2n) is 9.64. The molecule has 3 atom stereocenters. The lowest BCUT2D eigenvalue weighted by molar-refractivity contribution is -0.128. The molecule has 0 bridgehead atoms. The minimum absolute atomic E-state index is 0.0989. The first-order valence-corrected chi connectivity index (χ1v) is 13.1. The van der Waals surface area contributed by atoms with Crippen molar-refractivity contribution in [3.05, 3.63) is 111 Å². The Bertz CT molecular complexity index is 1360. The van der Waals surface area contributed by atoms with E-state index in [-0.39, 0.29) is 17.9 Å². The first kappa shape index (κ1) is 25.3. The third-order valence-electron chi connectivity index (χ3n) is 6.95. The Hall–Kier alpha value is -3.34. The highest BCUT2D eigenvalue weighted by Gasteiger charge is 2.44. The topological polar surface area (TPSA) is 41.9 Å². The van der Waals surface area contributed by atoms with Crippen LogP contribution < -0.4 is 4.74 Å². The summed E-state index contributed by atoms with van der Waals surface area (Å²) in [4.78, 5) is 13.6. The van der Waals surface area contributed by atoms with Crippen molar-refractivity contribution in [2.45, 2.75) is 25.8 Å². The highest BCUT2D eigenvalue weighted by molar-refractivity contribution is 6.30. The summed E-state index contributed by atoms with van der Waals surface area (Å²) in [5.74, 6) is 1.18. The molecule has 1 fully saturated rings. The molecule has 0 radical (unpaired) electrons. The lowest BCUT2D eigenvalue weighted by atomic mass is 9.73. The molecule has 188 valence electrons. The van der Waals surface area contributed by atoms with Crippen molar-refractivity contribution >= 4 is 47.0 Å².